The van der Waals surface area contributed by atoms with Gasteiger partial charge in [0.2, 0.25) is 0 Å². The summed E-state index contributed by atoms with van der Waals surface area (Å²) in [5.41, 5.74) is 6.70. The molecule has 2 heterocycles. The highest BCUT2D eigenvalue weighted by atomic mass is 16.3. The average molecular weight is 341 g/mol. The van der Waals surface area contributed by atoms with E-state index in [0.29, 0.717) is 5.92 Å². The molecule has 2 aromatic carbocycles. The lowest BCUT2D eigenvalue weighted by Crippen LogP contribution is -2.04. The number of aromatic nitrogens is 1. The van der Waals surface area contributed by atoms with Crippen molar-refractivity contribution in [2.75, 3.05) is 0 Å². The Bertz CT molecular complexity index is 1090. The SMILES string of the molecule is Cc1ccc(-c2cc(C3CCCCC3)ccn2)c2oc3ccccc3c12. The summed E-state index contributed by atoms with van der Waals surface area (Å²) in [6.07, 6.45) is 8.65. The summed E-state index contributed by atoms with van der Waals surface area (Å²) in [5.74, 6) is 0.683. The number of pyridine rings is 1. The lowest BCUT2D eigenvalue weighted by atomic mass is 9.84. The van der Waals surface area contributed by atoms with E-state index in [-0.39, 0.29) is 0 Å². The van der Waals surface area contributed by atoms with Crippen molar-refractivity contribution in [3.63, 3.8) is 0 Å². The molecule has 26 heavy (non-hydrogen) atoms. The zero-order valence-electron chi connectivity index (χ0n) is 15.2. The Morgan fingerprint density at radius 3 is 2.69 bits per heavy atom. The highest BCUT2D eigenvalue weighted by molar-refractivity contribution is 6.10. The highest BCUT2D eigenvalue weighted by Crippen LogP contribution is 2.38. The molecular formula is C24H23NO. The van der Waals surface area contributed by atoms with E-state index in [0.717, 1.165) is 22.4 Å². The Kier molecular flexibility index (Phi) is 3.77. The number of furan rings is 1. The normalized spacial score (nSPS) is 15.7. The van der Waals surface area contributed by atoms with Crippen LogP contribution in [0.25, 0.3) is 33.2 Å². The van der Waals surface area contributed by atoms with Crippen LogP contribution in [-0.2, 0) is 0 Å². The summed E-state index contributed by atoms with van der Waals surface area (Å²) in [4.78, 5) is 4.69. The van der Waals surface area contributed by atoms with E-state index in [4.69, 9.17) is 9.40 Å². The van der Waals surface area contributed by atoms with Gasteiger partial charge in [0, 0.05) is 22.5 Å². The van der Waals surface area contributed by atoms with Crippen molar-refractivity contribution in [2.24, 2.45) is 0 Å². The quantitative estimate of drug-likeness (QED) is 0.392. The molecule has 2 heteroatoms. The van der Waals surface area contributed by atoms with Gasteiger partial charge in [-0.05, 0) is 61.1 Å². The minimum Gasteiger partial charge on any atom is -0.455 e. The van der Waals surface area contributed by atoms with Gasteiger partial charge in [-0.15, -0.1) is 0 Å². The molecule has 0 N–H and O–H groups in total. The topological polar surface area (TPSA) is 26.0 Å². The van der Waals surface area contributed by atoms with Gasteiger partial charge in [0.05, 0.1) is 5.69 Å². The van der Waals surface area contributed by atoms with Gasteiger partial charge < -0.3 is 4.42 Å². The third kappa shape index (κ3) is 2.52. The molecule has 0 unspecified atom stereocenters. The first-order valence-corrected chi connectivity index (χ1v) is 9.68. The van der Waals surface area contributed by atoms with Crippen molar-refractivity contribution >= 4 is 21.9 Å². The van der Waals surface area contributed by atoms with E-state index in [1.165, 1.54) is 54.0 Å². The molecular weight excluding hydrogens is 318 g/mol. The van der Waals surface area contributed by atoms with Gasteiger partial charge in [-0.3, -0.25) is 4.98 Å². The summed E-state index contributed by atoms with van der Waals surface area (Å²) in [6.45, 7) is 2.15. The van der Waals surface area contributed by atoms with Crippen LogP contribution in [0.15, 0.2) is 59.1 Å². The highest BCUT2D eigenvalue weighted by Gasteiger charge is 2.18. The molecule has 0 bridgehead atoms. The third-order valence-electron chi connectivity index (χ3n) is 5.87. The van der Waals surface area contributed by atoms with Crippen molar-refractivity contribution in [3.05, 3.63) is 65.9 Å². The van der Waals surface area contributed by atoms with Crippen molar-refractivity contribution < 1.29 is 4.42 Å². The van der Waals surface area contributed by atoms with Crippen LogP contribution in [0, 0.1) is 6.92 Å². The van der Waals surface area contributed by atoms with Crippen molar-refractivity contribution in [2.45, 2.75) is 44.9 Å². The first-order valence-electron chi connectivity index (χ1n) is 9.68. The summed E-state index contributed by atoms with van der Waals surface area (Å²) in [7, 11) is 0. The Labute approximate surface area is 153 Å². The second kappa shape index (κ2) is 6.28. The molecule has 1 saturated carbocycles. The zero-order chi connectivity index (χ0) is 17.5. The van der Waals surface area contributed by atoms with Gasteiger partial charge in [-0.25, -0.2) is 0 Å². The van der Waals surface area contributed by atoms with Crippen molar-refractivity contribution in [1.82, 2.24) is 4.98 Å². The predicted octanol–water partition coefficient (Wildman–Crippen LogP) is 7.00. The number of aryl methyl sites for hydroxylation is 1. The molecule has 2 aromatic heterocycles. The molecule has 1 aliphatic carbocycles. The van der Waals surface area contributed by atoms with E-state index in [1.807, 2.05) is 18.3 Å². The molecule has 0 saturated heterocycles. The van der Waals surface area contributed by atoms with Crippen LogP contribution >= 0.6 is 0 Å². The van der Waals surface area contributed by atoms with E-state index < -0.39 is 0 Å². The van der Waals surface area contributed by atoms with E-state index in [2.05, 4.69) is 43.3 Å². The van der Waals surface area contributed by atoms with Crippen LogP contribution in [0.3, 0.4) is 0 Å². The smallest absolute Gasteiger partial charge is 0.145 e. The molecule has 0 atom stereocenters. The molecule has 130 valence electrons. The summed E-state index contributed by atoms with van der Waals surface area (Å²) in [5, 5.41) is 2.40. The first kappa shape index (κ1) is 15.6. The zero-order valence-corrected chi connectivity index (χ0v) is 15.2. The van der Waals surface area contributed by atoms with Crippen LogP contribution in [-0.4, -0.2) is 4.98 Å². The maximum atomic E-state index is 6.26. The second-order valence-corrected chi connectivity index (χ2v) is 7.54. The lowest BCUT2D eigenvalue weighted by molar-refractivity contribution is 0.443. The Hall–Kier alpha value is -2.61. The Morgan fingerprint density at radius 2 is 1.81 bits per heavy atom. The fraction of sp³-hybridized carbons (Fsp3) is 0.292. The monoisotopic (exact) mass is 341 g/mol. The molecule has 0 spiro atoms. The molecule has 1 fully saturated rings. The van der Waals surface area contributed by atoms with Crippen molar-refractivity contribution in [1.29, 1.82) is 0 Å². The van der Waals surface area contributed by atoms with Crippen LogP contribution in [0.4, 0.5) is 0 Å². The molecule has 4 aromatic rings. The minimum atomic E-state index is 0.683. The Balaban J connectivity index is 1.69. The van der Waals surface area contributed by atoms with Gasteiger partial charge in [0.15, 0.2) is 0 Å². The molecule has 0 radical (unpaired) electrons. The van der Waals surface area contributed by atoms with Crippen LogP contribution < -0.4 is 0 Å². The van der Waals surface area contributed by atoms with Crippen LogP contribution in [0.2, 0.25) is 0 Å². The van der Waals surface area contributed by atoms with Crippen LogP contribution in [0.5, 0.6) is 0 Å². The number of para-hydroxylation sites is 1. The minimum absolute atomic E-state index is 0.683. The summed E-state index contributed by atoms with van der Waals surface area (Å²) < 4.78 is 6.26. The van der Waals surface area contributed by atoms with Crippen LogP contribution in [0.1, 0.15) is 49.1 Å². The predicted molar refractivity (Wildman–Crippen MR) is 108 cm³/mol. The molecule has 2 nitrogen and oxygen atoms in total. The van der Waals surface area contributed by atoms with Gasteiger partial charge in [-0.1, -0.05) is 43.5 Å². The number of benzene rings is 2. The second-order valence-electron chi connectivity index (χ2n) is 7.54. The third-order valence-corrected chi connectivity index (χ3v) is 5.87. The molecule has 0 aliphatic heterocycles. The molecule has 1 aliphatic rings. The van der Waals surface area contributed by atoms with Gasteiger partial charge >= 0.3 is 0 Å². The lowest BCUT2D eigenvalue weighted by Gasteiger charge is -2.22. The summed E-state index contributed by atoms with van der Waals surface area (Å²) in [6, 6.07) is 17.1. The Morgan fingerprint density at radius 1 is 0.962 bits per heavy atom. The fourth-order valence-corrected chi connectivity index (χ4v) is 4.48. The number of nitrogens with zero attached hydrogens (tertiary/aromatic N) is 1. The molecule has 5 rings (SSSR count). The fourth-order valence-electron chi connectivity index (χ4n) is 4.48. The maximum Gasteiger partial charge on any atom is 0.145 e. The number of fused-ring (bicyclic) bond motifs is 3. The summed E-state index contributed by atoms with van der Waals surface area (Å²) >= 11 is 0. The van der Waals surface area contributed by atoms with E-state index in [1.54, 1.807) is 0 Å². The first-order chi connectivity index (χ1) is 12.8. The van der Waals surface area contributed by atoms with Gasteiger partial charge in [0.25, 0.3) is 0 Å². The number of hydrogen-bond donors (Lipinski definition) is 0. The molecule has 0 amide bonds. The standard InChI is InChI=1S/C24H23NO/c1-16-11-12-19(24-23(16)20-9-5-6-10-22(20)26-24)21-15-18(13-14-25-21)17-7-3-2-4-8-17/h5-6,9-15,17H,2-4,7-8H2,1H3. The largest absolute Gasteiger partial charge is 0.455 e. The van der Waals surface area contributed by atoms with Gasteiger partial charge in [-0.2, -0.15) is 0 Å². The van der Waals surface area contributed by atoms with Crippen molar-refractivity contribution in [3.8, 4) is 11.3 Å². The van der Waals surface area contributed by atoms with E-state index >= 15 is 0 Å². The van der Waals surface area contributed by atoms with Gasteiger partial charge in [0.1, 0.15) is 11.2 Å². The average Bonchev–Trinajstić information content (AvgIpc) is 3.09. The van der Waals surface area contributed by atoms with E-state index in [9.17, 15) is 0 Å². The number of rotatable bonds is 2. The number of hydrogen-bond acceptors (Lipinski definition) is 2. The maximum absolute atomic E-state index is 6.26.